The second kappa shape index (κ2) is 7.01. The van der Waals surface area contributed by atoms with Gasteiger partial charge in [0.2, 0.25) is 0 Å². The lowest BCUT2D eigenvalue weighted by Gasteiger charge is -2.36. The van der Waals surface area contributed by atoms with Crippen molar-refractivity contribution in [3.05, 3.63) is 41.8 Å². The van der Waals surface area contributed by atoms with E-state index in [9.17, 15) is 4.79 Å². The van der Waals surface area contributed by atoms with Crippen LogP contribution < -0.4 is 4.90 Å². The van der Waals surface area contributed by atoms with Crippen molar-refractivity contribution >= 4 is 34.0 Å². The van der Waals surface area contributed by atoms with Crippen molar-refractivity contribution in [2.75, 3.05) is 25.1 Å². The van der Waals surface area contributed by atoms with Gasteiger partial charge >= 0.3 is 5.97 Å². The molecule has 7 heteroatoms. The summed E-state index contributed by atoms with van der Waals surface area (Å²) in [6.45, 7) is 3.01. The van der Waals surface area contributed by atoms with Crippen LogP contribution in [0.5, 0.6) is 0 Å². The van der Waals surface area contributed by atoms with Crippen LogP contribution >= 0.6 is 11.3 Å². The summed E-state index contributed by atoms with van der Waals surface area (Å²) < 4.78 is 10.6. The number of carbonyl (C=O) groups excluding carboxylic acids is 1. The molecule has 3 aromatic rings. The third-order valence-corrected chi connectivity index (χ3v) is 5.21. The highest BCUT2D eigenvalue weighted by Gasteiger charge is 2.32. The Kier molecular flexibility index (Phi) is 4.57. The molecule has 0 bridgehead atoms. The second-order valence-corrected chi connectivity index (χ2v) is 7.18. The van der Waals surface area contributed by atoms with Crippen molar-refractivity contribution in [3.8, 4) is 10.7 Å². The number of methoxy groups -OCH3 is 1. The van der Waals surface area contributed by atoms with Crippen molar-refractivity contribution in [1.29, 1.82) is 0 Å². The molecule has 3 heterocycles. The van der Waals surface area contributed by atoms with Gasteiger partial charge in [-0.25, -0.2) is 14.8 Å². The Morgan fingerprint density at radius 2 is 2.08 bits per heavy atom. The van der Waals surface area contributed by atoms with Gasteiger partial charge in [-0.2, -0.15) is 0 Å². The zero-order valence-corrected chi connectivity index (χ0v) is 15.4. The van der Waals surface area contributed by atoms with Crippen LogP contribution in [0.4, 0.5) is 5.82 Å². The minimum Gasteiger partial charge on any atom is -0.467 e. The maximum absolute atomic E-state index is 12.0. The number of fused-ring (bicyclic) bond motifs is 1. The molecule has 0 saturated carbocycles. The fraction of sp³-hybridized carbons (Fsp3) is 0.316. The molecule has 26 heavy (non-hydrogen) atoms. The maximum atomic E-state index is 12.0. The number of nitrogens with zero attached hydrogens (tertiary/aromatic N) is 3. The third-order valence-electron chi connectivity index (χ3n) is 4.35. The normalized spacial score (nSPS) is 20.3. The van der Waals surface area contributed by atoms with Gasteiger partial charge < -0.3 is 14.4 Å². The Balaban J connectivity index is 1.80. The van der Waals surface area contributed by atoms with Crippen molar-refractivity contribution in [2.45, 2.75) is 19.1 Å². The molecule has 2 atom stereocenters. The van der Waals surface area contributed by atoms with Crippen LogP contribution in [0.2, 0.25) is 0 Å². The first-order valence-corrected chi connectivity index (χ1v) is 9.32. The number of aromatic nitrogens is 2. The number of hydrogen-bond donors (Lipinski definition) is 0. The van der Waals surface area contributed by atoms with Crippen LogP contribution in [0.15, 0.2) is 41.8 Å². The van der Waals surface area contributed by atoms with Crippen LogP contribution in [-0.4, -0.2) is 48.3 Å². The molecule has 1 unspecified atom stereocenters. The second-order valence-electron chi connectivity index (χ2n) is 6.23. The molecule has 0 N–H and O–H groups in total. The van der Waals surface area contributed by atoms with Gasteiger partial charge in [-0.05, 0) is 30.5 Å². The van der Waals surface area contributed by atoms with Gasteiger partial charge in [0.15, 0.2) is 11.9 Å². The lowest BCUT2D eigenvalue weighted by Crippen LogP contribution is -2.50. The van der Waals surface area contributed by atoms with E-state index in [0.29, 0.717) is 18.9 Å². The number of rotatable bonds is 3. The van der Waals surface area contributed by atoms with Crippen LogP contribution in [0.3, 0.4) is 0 Å². The molecular weight excluding hydrogens is 350 g/mol. The Morgan fingerprint density at radius 1 is 1.23 bits per heavy atom. The summed E-state index contributed by atoms with van der Waals surface area (Å²) in [6, 6.07) is 11.9. The van der Waals surface area contributed by atoms with Crippen molar-refractivity contribution < 1.29 is 14.3 Å². The van der Waals surface area contributed by atoms with E-state index in [0.717, 1.165) is 21.6 Å². The minimum absolute atomic E-state index is 0.105. The number of hydrogen-bond acceptors (Lipinski definition) is 7. The molecule has 0 radical (unpaired) electrons. The summed E-state index contributed by atoms with van der Waals surface area (Å²) in [5.41, 5.74) is 0.884. The highest BCUT2D eigenvalue weighted by molar-refractivity contribution is 7.13. The SMILES string of the molecule is COC(=O)C1CN(c2nc(-c3cccs3)nc3ccccc23)C[C@@H](C)O1. The van der Waals surface area contributed by atoms with Crippen LogP contribution in [0.1, 0.15) is 6.92 Å². The number of benzene rings is 1. The summed E-state index contributed by atoms with van der Waals surface area (Å²) >= 11 is 1.61. The molecule has 1 fully saturated rings. The summed E-state index contributed by atoms with van der Waals surface area (Å²) in [5.74, 6) is 1.16. The lowest BCUT2D eigenvalue weighted by atomic mass is 10.1. The fourth-order valence-corrected chi connectivity index (χ4v) is 3.86. The van der Waals surface area contributed by atoms with Crippen LogP contribution in [0, 0.1) is 0 Å². The number of morpholine rings is 1. The highest BCUT2D eigenvalue weighted by atomic mass is 32.1. The number of ether oxygens (including phenoxy) is 2. The van der Waals surface area contributed by atoms with Gasteiger partial charge in [0, 0.05) is 11.9 Å². The molecule has 1 aromatic carbocycles. The maximum Gasteiger partial charge on any atom is 0.336 e. The molecule has 0 amide bonds. The van der Waals surface area contributed by atoms with E-state index in [1.54, 1.807) is 11.3 Å². The molecule has 1 saturated heterocycles. The van der Waals surface area contributed by atoms with E-state index in [-0.39, 0.29) is 12.1 Å². The van der Waals surface area contributed by atoms with Crippen molar-refractivity contribution in [3.63, 3.8) is 0 Å². The fourth-order valence-electron chi connectivity index (χ4n) is 3.20. The standard InChI is InChI=1S/C19H19N3O3S/c1-12-10-22(11-15(25-12)19(23)24-2)18-13-6-3-4-7-14(13)20-17(21-18)16-8-5-9-26-16/h3-9,12,15H,10-11H2,1-2H3/t12-,15?/m1/s1. The van der Waals surface area contributed by atoms with Gasteiger partial charge in [0.1, 0.15) is 5.82 Å². The molecule has 1 aliphatic heterocycles. The summed E-state index contributed by atoms with van der Waals surface area (Å²) in [4.78, 5) is 24.7. The topological polar surface area (TPSA) is 64.5 Å². The van der Waals surface area contributed by atoms with Crippen molar-refractivity contribution in [1.82, 2.24) is 9.97 Å². The zero-order chi connectivity index (χ0) is 18.1. The molecule has 134 valence electrons. The highest BCUT2D eigenvalue weighted by Crippen LogP contribution is 2.31. The van der Waals surface area contributed by atoms with Gasteiger partial charge in [0.25, 0.3) is 0 Å². The van der Waals surface area contributed by atoms with Crippen molar-refractivity contribution in [2.24, 2.45) is 0 Å². The first kappa shape index (κ1) is 16.9. The minimum atomic E-state index is -0.623. The number of anilines is 1. The van der Waals surface area contributed by atoms with E-state index in [1.807, 2.05) is 48.7 Å². The quantitative estimate of drug-likeness (QED) is 0.661. The van der Waals surface area contributed by atoms with E-state index in [4.69, 9.17) is 19.4 Å². The molecule has 2 aromatic heterocycles. The van der Waals surface area contributed by atoms with E-state index in [2.05, 4.69) is 4.90 Å². The van der Waals surface area contributed by atoms with Gasteiger partial charge in [-0.1, -0.05) is 18.2 Å². The smallest absolute Gasteiger partial charge is 0.336 e. The molecule has 1 aliphatic rings. The summed E-state index contributed by atoms with van der Waals surface area (Å²) in [5, 5.41) is 2.98. The number of para-hydroxylation sites is 1. The molecule has 4 rings (SSSR count). The molecule has 0 spiro atoms. The predicted molar refractivity (Wildman–Crippen MR) is 101 cm³/mol. The van der Waals surface area contributed by atoms with Crippen LogP contribution in [0.25, 0.3) is 21.6 Å². The molecule has 0 aliphatic carbocycles. The summed E-state index contributed by atoms with van der Waals surface area (Å²) in [7, 11) is 1.38. The van der Waals surface area contributed by atoms with Gasteiger partial charge in [-0.3, -0.25) is 0 Å². The zero-order valence-electron chi connectivity index (χ0n) is 14.6. The Bertz CT molecular complexity index is 929. The third kappa shape index (κ3) is 3.15. The first-order chi connectivity index (χ1) is 12.7. The van der Waals surface area contributed by atoms with Gasteiger partial charge in [0.05, 0.1) is 30.2 Å². The molecule has 6 nitrogen and oxygen atoms in total. The Morgan fingerprint density at radius 3 is 2.85 bits per heavy atom. The largest absolute Gasteiger partial charge is 0.467 e. The van der Waals surface area contributed by atoms with E-state index >= 15 is 0 Å². The monoisotopic (exact) mass is 369 g/mol. The van der Waals surface area contributed by atoms with Gasteiger partial charge in [-0.15, -0.1) is 11.3 Å². The van der Waals surface area contributed by atoms with Crippen LogP contribution in [-0.2, 0) is 14.3 Å². The Hall–Kier alpha value is -2.51. The first-order valence-electron chi connectivity index (χ1n) is 8.44. The number of esters is 1. The molecular formula is C19H19N3O3S. The number of carbonyl (C=O) groups is 1. The Labute approximate surface area is 155 Å². The summed E-state index contributed by atoms with van der Waals surface area (Å²) in [6.07, 6.45) is -0.727. The number of thiophene rings is 1. The lowest BCUT2D eigenvalue weighted by molar-refractivity contribution is -0.158. The average molecular weight is 369 g/mol. The van der Waals surface area contributed by atoms with E-state index in [1.165, 1.54) is 7.11 Å². The predicted octanol–water partition coefficient (Wildman–Crippen LogP) is 3.13. The van der Waals surface area contributed by atoms with E-state index < -0.39 is 6.10 Å². The average Bonchev–Trinajstić information content (AvgIpc) is 3.20.